The number of carboxylic acid groups (broad SMARTS) is 1. The highest BCUT2D eigenvalue weighted by molar-refractivity contribution is 6.30. The number of hydrogen-bond donors (Lipinski definition) is 3. The lowest BCUT2D eigenvalue weighted by Crippen LogP contribution is -2.39. The van der Waals surface area contributed by atoms with Crippen LogP contribution in [0.2, 0.25) is 5.02 Å². The van der Waals surface area contributed by atoms with Gasteiger partial charge in [0.1, 0.15) is 0 Å². The van der Waals surface area contributed by atoms with Crippen LogP contribution in [0, 0.1) is 23.2 Å². The van der Waals surface area contributed by atoms with Crippen LogP contribution < -0.4 is 5.73 Å². The number of halogens is 1. The molecule has 0 aliphatic heterocycles. The summed E-state index contributed by atoms with van der Waals surface area (Å²) in [5, 5.41) is 20.1. The summed E-state index contributed by atoms with van der Waals surface area (Å²) in [7, 11) is 0. The third kappa shape index (κ3) is 4.15. The van der Waals surface area contributed by atoms with Crippen molar-refractivity contribution in [1.29, 1.82) is 0 Å². The number of primary amides is 1. The monoisotopic (exact) mass is 403 g/mol. The van der Waals surface area contributed by atoms with Crippen LogP contribution in [0.3, 0.4) is 0 Å². The van der Waals surface area contributed by atoms with Crippen LogP contribution in [0.4, 0.5) is 0 Å². The van der Waals surface area contributed by atoms with Gasteiger partial charge in [0.05, 0.1) is 11.5 Å². The van der Waals surface area contributed by atoms with E-state index in [0.29, 0.717) is 30.7 Å². The van der Waals surface area contributed by atoms with Gasteiger partial charge < -0.3 is 15.9 Å². The average molecular weight is 404 g/mol. The molecule has 0 radical (unpaired) electrons. The van der Waals surface area contributed by atoms with Crippen molar-refractivity contribution in [2.24, 2.45) is 28.9 Å². The number of unbranched alkanes of at least 4 members (excludes halogenated alkanes) is 1. The largest absolute Gasteiger partial charge is 0.481 e. The summed E-state index contributed by atoms with van der Waals surface area (Å²) in [6, 6.07) is 7.19. The molecule has 0 spiro atoms. The molecule has 1 aromatic rings. The Bertz CT molecular complexity index is 805. The fraction of sp³-hybridized carbons (Fsp3) is 0.455. The maximum Gasteiger partial charge on any atom is 0.303 e. The Morgan fingerprint density at radius 2 is 2.18 bits per heavy atom. The molecule has 5 nitrogen and oxygen atoms in total. The molecule has 5 atom stereocenters. The van der Waals surface area contributed by atoms with E-state index < -0.39 is 17.5 Å². The molecule has 2 bridgehead atoms. The van der Waals surface area contributed by atoms with Gasteiger partial charge in [-0.25, -0.2) is 0 Å². The van der Waals surface area contributed by atoms with E-state index in [1.165, 1.54) is 0 Å². The second-order valence-electron chi connectivity index (χ2n) is 7.84. The van der Waals surface area contributed by atoms with E-state index in [9.17, 15) is 14.7 Å². The standard InChI is InChI=1S/C22H26ClNO4/c23-16-6-4-5-14(11-16)19(25)12-17-15-9-10-22(13-15,21(24)28)18(17)7-2-1-3-8-20(26)27/h2,4-7,9-11,15,17-19,25H,1,3,8,12-13H2,(H2,24,28)(H,26,27). The number of aliphatic hydroxyl groups is 1. The lowest BCUT2D eigenvalue weighted by molar-refractivity contribution is -0.137. The number of carboxylic acids is 1. The van der Waals surface area contributed by atoms with Crippen LogP contribution in [-0.4, -0.2) is 22.1 Å². The van der Waals surface area contributed by atoms with Crippen molar-refractivity contribution in [3.8, 4) is 0 Å². The maximum absolute atomic E-state index is 12.3. The van der Waals surface area contributed by atoms with Gasteiger partial charge in [-0.2, -0.15) is 0 Å². The molecule has 1 fully saturated rings. The number of aliphatic hydroxyl groups excluding tert-OH is 1. The van der Waals surface area contributed by atoms with E-state index in [-0.39, 0.29) is 30.1 Å². The summed E-state index contributed by atoms with van der Waals surface area (Å²) in [6.07, 6.45) is 9.74. The number of carbonyl (C=O) groups excluding carboxylic acids is 1. The van der Waals surface area contributed by atoms with Crippen molar-refractivity contribution >= 4 is 23.5 Å². The summed E-state index contributed by atoms with van der Waals surface area (Å²) in [6.45, 7) is 0. The second kappa shape index (κ2) is 8.50. The van der Waals surface area contributed by atoms with Crippen LogP contribution in [0.15, 0.2) is 48.6 Å². The minimum atomic E-state index is -0.813. The van der Waals surface area contributed by atoms with Gasteiger partial charge in [-0.3, -0.25) is 9.59 Å². The van der Waals surface area contributed by atoms with E-state index in [4.69, 9.17) is 22.4 Å². The van der Waals surface area contributed by atoms with Crippen LogP contribution in [0.5, 0.6) is 0 Å². The maximum atomic E-state index is 12.3. The number of amides is 1. The molecule has 28 heavy (non-hydrogen) atoms. The molecule has 6 heteroatoms. The molecule has 1 saturated carbocycles. The molecule has 4 N–H and O–H groups in total. The number of carbonyl (C=O) groups is 2. The molecular formula is C22H26ClNO4. The lowest BCUT2D eigenvalue weighted by atomic mass is 9.71. The van der Waals surface area contributed by atoms with Gasteiger partial charge in [0.15, 0.2) is 0 Å². The van der Waals surface area contributed by atoms with Crippen molar-refractivity contribution in [2.75, 3.05) is 0 Å². The molecule has 0 saturated heterocycles. The summed E-state index contributed by atoms with van der Waals surface area (Å²) < 4.78 is 0. The zero-order valence-corrected chi connectivity index (χ0v) is 16.4. The SMILES string of the molecule is NC(=O)C12C=CC(C1)C(CC(O)c1cccc(Cl)c1)C2C=CCCCC(=O)O. The first-order valence-corrected chi connectivity index (χ1v) is 10.0. The predicted octanol–water partition coefficient (Wildman–Crippen LogP) is 3.87. The van der Waals surface area contributed by atoms with Gasteiger partial charge in [-0.05, 0) is 61.1 Å². The molecule has 2 aliphatic rings. The Morgan fingerprint density at radius 3 is 2.86 bits per heavy atom. The summed E-state index contributed by atoms with van der Waals surface area (Å²) in [4.78, 5) is 23.0. The number of benzene rings is 1. The van der Waals surface area contributed by atoms with Crippen LogP contribution in [0.1, 0.15) is 43.8 Å². The van der Waals surface area contributed by atoms with E-state index in [2.05, 4.69) is 6.08 Å². The minimum Gasteiger partial charge on any atom is -0.481 e. The lowest BCUT2D eigenvalue weighted by Gasteiger charge is -2.33. The van der Waals surface area contributed by atoms with Crippen molar-refractivity contribution < 1.29 is 19.8 Å². The van der Waals surface area contributed by atoms with Crippen molar-refractivity contribution in [1.82, 2.24) is 0 Å². The molecule has 2 aliphatic carbocycles. The molecular weight excluding hydrogens is 378 g/mol. The number of aliphatic carboxylic acids is 1. The normalized spacial score (nSPS) is 29.4. The Balaban J connectivity index is 1.76. The molecule has 150 valence electrons. The smallest absolute Gasteiger partial charge is 0.303 e. The quantitative estimate of drug-likeness (QED) is 0.430. The van der Waals surface area contributed by atoms with Gasteiger partial charge in [0, 0.05) is 11.4 Å². The highest BCUT2D eigenvalue weighted by atomic mass is 35.5. The van der Waals surface area contributed by atoms with Gasteiger partial charge >= 0.3 is 5.97 Å². The Kier molecular flexibility index (Phi) is 6.26. The van der Waals surface area contributed by atoms with Gasteiger partial charge in [-0.15, -0.1) is 0 Å². The molecule has 5 unspecified atom stereocenters. The van der Waals surface area contributed by atoms with Crippen molar-refractivity contribution in [2.45, 2.75) is 38.2 Å². The Morgan fingerprint density at radius 1 is 1.39 bits per heavy atom. The summed E-state index contributed by atoms with van der Waals surface area (Å²) in [5.41, 5.74) is 5.82. The molecule has 1 aromatic carbocycles. The first-order chi connectivity index (χ1) is 13.3. The van der Waals surface area contributed by atoms with E-state index in [1.54, 1.807) is 12.1 Å². The first-order valence-electron chi connectivity index (χ1n) is 9.65. The predicted molar refractivity (Wildman–Crippen MR) is 108 cm³/mol. The number of fused-ring (bicyclic) bond motifs is 2. The van der Waals surface area contributed by atoms with E-state index in [1.807, 2.05) is 30.4 Å². The number of rotatable bonds is 9. The van der Waals surface area contributed by atoms with Gasteiger partial charge in [0.2, 0.25) is 5.91 Å². The van der Waals surface area contributed by atoms with Gasteiger partial charge in [-0.1, -0.05) is 48.0 Å². The fourth-order valence-electron chi connectivity index (χ4n) is 4.72. The average Bonchev–Trinajstić information content (AvgIpc) is 3.20. The van der Waals surface area contributed by atoms with Crippen molar-refractivity contribution in [3.05, 3.63) is 59.2 Å². The minimum absolute atomic E-state index is 0.0854. The third-order valence-corrected chi connectivity index (χ3v) is 6.35. The number of hydrogen-bond acceptors (Lipinski definition) is 3. The molecule has 3 rings (SSSR count). The van der Waals surface area contributed by atoms with Crippen LogP contribution in [0.25, 0.3) is 0 Å². The molecule has 0 heterocycles. The first kappa shape index (κ1) is 20.6. The Hall–Kier alpha value is -2.11. The zero-order chi connectivity index (χ0) is 20.3. The van der Waals surface area contributed by atoms with E-state index in [0.717, 1.165) is 5.56 Å². The van der Waals surface area contributed by atoms with Crippen LogP contribution in [-0.2, 0) is 9.59 Å². The highest BCUT2D eigenvalue weighted by Gasteiger charge is 2.57. The number of nitrogens with two attached hydrogens (primary N) is 1. The van der Waals surface area contributed by atoms with Crippen molar-refractivity contribution in [3.63, 3.8) is 0 Å². The zero-order valence-electron chi connectivity index (χ0n) is 15.6. The third-order valence-electron chi connectivity index (χ3n) is 6.11. The highest BCUT2D eigenvalue weighted by Crippen LogP contribution is 2.59. The Labute approximate surface area is 169 Å². The van der Waals surface area contributed by atoms with Gasteiger partial charge in [0.25, 0.3) is 0 Å². The van der Waals surface area contributed by atoms with Crippen LogP contribution >= 0.6 is 11.6 Å². The molecule has 1 amide bonds. The number of allylic oxidation sites excluding steroid dienone is 3. The summed E-state index contributed by atoms with van der Waals surface area (Å²) in [5.74, 6) is -0.977. The molecule has 0 aromatic heterocycles. The fourth-order valence-corrected chi connectivity index (χ4v) is 4.91. The van der Waals surface area contributed by atoms with E-state index >= 15 is 0 Å². The topological polar surface area (TPSA) is 101 Å². The summed E-state index contributed by atoms with van der Waals surface area (Å²) >= 11 is 6.04. The second-order valence-corrected chi connectivity index (χ2v) is 8.28.